The summed E-state index contributed by atoms with van der Waals surface area (Å²) in [6.45, 7) is 0. The van der Waals surface area contributed by atoms with E-state index in [0.29, 0.717) is 5.69 Å². The highest BCUT2D eigenvalue weighted by molar-refractivity contribution is 6.66. The first-order valence-corrected chi connectivity index (χ1v) is 10.0. The van der Waals surface area contributed by atoms with Gasteiger partial charge in [0.05, 0.1) is 11.9 Å². The lowest BCUT2D eigenvalue weighted by molar-refractivity contribution is -0.111. The van der Waals surface area contributed by atoms with E-state index >= 15 is 0 Å². The normalized spacial score (nSPS) is 19.6. The molecule has 2 amide bonds. The summed E-state index contributed by atoms with van der Waals surface area (Å²) >= 11 is 0. The van der Waals surface area contributed by atoms with Crippen molar-refractivity contribution >= 4 is 35.0 Å². The Labute approximate surface area is 182 Å². The zero-order chi connectivity index (χ0) is 23.1. The zero-order valence-corrected chi connectivity index (χ0v) is 18.4. The lowest BCUT2D eigenvalue weighted by Crippen LogP contribution is -2.53. The molecule has 1 saturated carbocycles. The van der Waals surface area contributed by atoms with E-state index in [1.807, 2.05) is 19.0 Å². The smallest absolute Gasteiger partial charge is 0.271 e. The summed E-state index contributed by atoms with van der Waals surface area (Å²) in [5.41, 5.74) is 11.5. The van der Waals surface area contributed by atoms with Crippen molar-refractivity contribution in [2.75, 3.05) is 28.2 Å². The van der Waals surface area contributed by atoms with Gasteiger partial charge in [0.1, 0.15) is 5.69 Å². The number of hydrogen-bond acceptors (Lipinski definition) is 6. The van der Waals surface area contributed by atoms with Crippen molar-refractivity contribution in [3.8, 4) is 0 Å². The van der Waals surface area contributed by atoms with Crippen molar-refractivity contribution in [2.24, 2.45) is 21.5 Å². The molecule has 1 unspecified atom stereocenters. The van der Waals surface area contributed by atoms with Crippen LogP contribution in [0.25, 0.3) is 0 Å². The quantitative estimate of drug-likeness (QED) is 0.369. The number of carbonyl (C=O) groups excluding carboxylic acids is 2. The number of carbonyl (C=O) groups is 2. The highest BCUT2D eigenvalue weighted by atomic mass is 16.2. The predicted octanol–water partition coefficient (Wildman–Crippen LogP) is 0.0956. The number of primary amides is 1. The average molecular weight is 430 g/mol. The summed E-state index contributed by atoms with van der Waals surface area (Å²) in [5.74, 6) is -1.32. The molecule has 31 heavy (non-hydrogen) atoms. The van der Waals surface area contributed by atoms with Crippen molar-refractivity contribution in [3.05, 3.63) is 24.0 Å². The van der Waals surface area contributed by atoms with Gasteiger partial charge in [0.15, 0.2) is 17.5 Å². The molecule has 1 aliphatic rings. The van der Waals surface area contributed by atoms with Crippen LogP contribution in [0.4, 0.5) is 5.69 Å². The molecule has 6 N–H and O–H groups in total. The van der Waals surface area contributed by atoms with Gasteiger partial charge in [-0.05, 0) is 32.0 Å². The van der Waals surface area contributed by atoms with Crippen LogP contribution < -0.4 is 16.8 Å². The van der Waals surface area contributed by atoms with Gasteiger partial charge in [-0.1, -0.05) is 12.8 Å². The van der Waals surface area contributed by atoms with Crippen LogP contribution in [0, 0.1) is 5.41 Å². The Morgan fingerprint density at radius 2 is 1.87 bits per heavy atom. The van der Waals surface area contributed by atoms with Gasteiger partial charge in [-0.2, -0.15) is 4.99 Å². The van der Waals surface area contributed by atoms with Crippen molar-refractivity contribution in [1.29, 1.82) is 5.41 Å². The molecule has 1 aliphatic carbocycles. The SMILES string of the molecule is CNC1CCCC[C@H]1N(C)C(N)=NC(=Nc1ccc(C(=O)N(C)C)nc1)C(=N)C(N)=O. The summed E-state index contributed by atoms with van der Waals surface area (Å²) in [7, 11) is 6.99. The number of amides is 2. The Morgan fingerprint density at radius 3 is 2.42 bits per heavy atom. The van der Waals surface area contributed by atoms with Crippen LogP contribution in [0.15, 0.2) is 28.3 Å². The molecule has 0 saturated heterocycles. The molecule has 2 atom stereocenters. The first-order chi connectivity index (χ1) is 14.6. The summed E-state index contributed by atoms with van der Waals surface area (Å²) in [4.78, 5) is 39.4. The van der Waals surface area contributed by atoms with Crippen LogP contribution in [0.2, 0.25) is 0 Å². The molecule has 1 fully saturated rings. The van der Waals surface area contributed by atoms with Gasteiger partial charge >= 0.3 is 0 Å². The van der Waals surface area contributed by atoms with Crippen molar-refractivity contribution in [2.45, 2.75) is 37.8 Å². The molecule has 1 heterocycles. The summed E-state index contributed by atoms with van der Waals surface area (Å²) in [6.07, 6.45) is 5.57. The molecule has 168 valence electrons. The molecule has 0 spiro atoms. The van der Waals surface area contributed by atoms with Crippen molar-refractivity contribution in [1.82, 2.24) is 20.1 Å². The maximum atomic E-state index is 12.0. The van der Waals surface area contributed by atoms with E-state index in [1.54, 1.807) is 20.2 Å². The number of nitrogens with zero attached hydrogens (tertiary/aromatic N) is 5. The third kappa shape index (κ3) is 6.07. The zero-order valence-electron chi connectivity index (χ0n) is 18.4. The van der Waals surface area contributed by atoms with Gasteiger partial charge in [-0.15, -0.1) is 0 Å². The van der Waals surface area contributed by atoms with E-state index in [9.17, 15) is 9.59 Å². The molecule has 0 aromatic carbocycles. The second-order valence-electron chi connectivity index (χ2n) is 7.60. The summed E-state index contributed by atoms with van der Waals surface area (Å²) in [6, 6.07) is 3.44. The van der Waals surface area contributed by atoms with E-state index in [2.05, 4.69) is 20.3 Å². The lowest BCUT2D eigenvalue weighted by Gasteiger charge is -2.38. The number of amidine groups is 1. The van der Waals surface area contributed by atoms with E-state index in [4.69, 9.17) is 16.9 Å². The average Bonchev–Trinajstić information content (AvgIpc) is 2.77. The molecular weight excluding hydrogens is 398 g/mol. The maximum absolute atomic E-state index is 12.0. The first-order valence-electron chi connectivity index (χ1n) is 10.0. The van der Waals surface area contributed by atoms with Crippen LogP contribution in [0.1, 0.15) is 36.2 Å². The highest BCUT2D eigenvalue weighted by Gasteiger charge is 2.28. The lowest BCUT2D eigenvalue weighted by atomic mass is 9.89. The number of nitrogens with two attached hydrogens (primary N) is 2. The largest absolute Gasteiger partial charge is 0.369 e. The third-order valence-corrected chi connectivity index (χ3v) is 5.26. The molecule has 2 rings (SSSR count). The molecule has 0 aliphatic heterocycles. The topological polar surface area (TPSA) is 166 Å². The van der Waals surface area contributed by atoms with Crippen molar-refractivity contribution in [3.63, 3.8) is 0 Å². The Bertz CT molecular complexity index is 877. The van der Waals surface area contributed by atoms with Gasteiger partial charge in [0.25, 0.3) is 11.8 Å². The van der Waals surface area contributed by atoms with Gasteiger partial charge in [-0.25, -0.2) is 9.98 Å². The first kappa shape index (κ1) is 23.9. The molecule has 1 aromatic rings. The standard InChI is InChI=1S/C20H31N9O2/c1-24-13-7-5-6-8-15(13)29(4)20(23)27-18(16(21)17(22)30)26-12-9-10-14(25-11-12)19(31)28(2)3/h9-11,13,15,21,24H,5-8H2,1-4H3,(H2,22,30)(H2,23,26,27)/t13?,15-/m1/s1. The number of rotatable bonds is 6. The number of likely N-dealkylation sites (N-methyl/N-ethyl adjacent to an activating group) is 2. The van der Waals surface area contributed by atoms with Crippen LogP contribution in [0.5, 0.6) is 0 Å². The Balaban J connectivity index is 2.34. The van der Waals surface area contributed by atoms with Gasteiger partial charge in [0.2, 0.25) is 0 Å². The maximum Gasteiger partial charge on any atom is 0.271 e. The third-order valence-electron chi connectivity index (χ3n) is 5.26. The van der Waals surface area contributed by atoms with E-state index < -0.39 is 11.6 Å². The van der Waals surface area contributed by atoms with E-state index in [-0.39, 0.29) is 35.5 Å². The summed E-state index contributed by atoms with van der Waals surface area (Å²) in [5, 5.41) is 11.3. The fourth-order valence-electron chi connectivity index (χ4n) is 3.45. The molecule has 11 heteroatoms. The highest BCUT2D eigenvalue weighted by Crippen LogP contribution is 2.22. The second kappa shape index (κ2) is 10.6. The Morgan fingerprint density at radius 1 is 1.19 bits per heavy atom. The minimum atomic E-state index is -0.976. The minimum Gasteiger partial charge on any atom is -0.369 e. The fraction of sp³-hybridized carbons (Fsp3) is 0.500. The fourth-order valence-corrected chi connectivity index (χ4v) is 3.45. The van der Waals surface area contributed by atoms with Crippen LogP contribution in [-0.2, 0) is 4.79 Å². The Kier molecular flexibility index (Phi) is 8.20. The van der Waals surface area contributed by atoms with Gasteiger partial charge < -0.3 is 26.6 Å². The summed E-state index contributed by atoms with van der Waals surface area (Å²) < 4.78 is 0. The molecular formula is C20H31N9O2. The van der Waals surface area contributed by atoms with Gasteiger partial charge in [0, 0.05) is 33.2 Å². The minimum absolute atomic E-state index is 0.129. The number of pyridine rings is 1. The van der Waals surface area contributed by atoms with Crippen LogP contribution in [0.3, 0.4) is 0 Å². The predicted molar refractivity (Wildman–Crippen MR) is 121 cm³/mol. The number of aromatic nitrogens is 1. The molecule has 1 aromatic heterocycles. The van der Waals surface area contributed by atoms with E-state index in [0.717, 1.165) is 25.7 Å². The number of guanidine groups is 1. The monoisotopic (exact) mass is 429 g/mol. The van der Waals surface area contributed by atoms with Gasteiger partial charge in [-0.3, -0.25) is 15.0 Å². The second-order valence-corrected chi connectivity index (χ2v) is 7.60. The molecule has 0 bridgehead atoms. The number of aliphatic imine (C=N–C) groups is 2. The molecule has 11 nitrogen and oxygen atoms in total. The van der Waals surface area contributed by atoms with E-state index in [1.165, 1.54) is 17.2 Å². The molecule has 0 radical (unpaired) electrons. The van der Waals surface area contributed by atoms with Crippen LogP contribution in [-0.4, -0.2) is 84.4 Å². The Hall–Kier alpha value is -3.34. The van der Waals surface area contributed by atoms with Crippen LogP contribution >= 0.6 is 0 Å². The number of nitrogens with one attached hydrogen (secondary N) is 2. The number of hydrogen-bond donors (Lipinski definition) is 4. The van der Waals surface area contributed by atoms with Crippen molar-refractivity contribution < 1.29 is 9.59 Å².